The van der Waals surface area contributed by atoms with Crippen LogP contribution < -0.4 is 15.2 Å². The van der Waals surface area contributed by atoms with Crippen molar-refractivity contribution in [2.24, 2.45) is 5.73 Å². The van der Waals surface area contributed by atoms with Crippen LogP contribution in [0, 0.1) is 0 Å². The van der Waals surface area contributed by atoms with Crippen LogP contribution in [0.4, 0.5) is 0 Å². The predicted octanol–water partition coefficient (Wildman–Crippen LogP) is 1.67. The molecule has 1 rings (SSSR count). The molecule has 0 fully saturated rings. The van der Waals surface area contributed by atoms with Crippen molar-refractivity contribution in [3.63, 3.8) is 0 Å². The Morgan fingerprint density at radius 1 is 1.17 bits per heavy atom. The number of ether oxygens (including phenoxy) is 2. The lowest BCUT2D eigenvalue weighted by Crippen LogP contribution is -2.43. The van der Waals surface area contributed by atoms with Crippen LogP contribution in [-0.2, 0) is 16.0 Å². The second-order valence-corrected chi connectivity index (χ2v) is 5.11. The van der Waals surface area contributed by atoms with E-state index < -0.39 is 24.1 Å². The summed E-state index contributed by atoms with van der Waals surface area (Å²) in [5.41, 5.74) is 4.99. The SMILES string of the molecule is CCC(CC)(Oc1ccc(CCN)cc1OCC(=O)O)C(=O)O. The minimum absolute atomic E-state index is 0.200. The summed E-state index contributed by atoms with van der Waals surface area (Å²) in [5.74, 6) is -1.79. The molecular weight excluding hydrogens is 302 g/mol. The lowest BCUT2D eigenvalue weighted by atomic mass is 9.97. The highest BCUT2D eigenvalue weighted by molar-refractivity contribution is 5.78. The zero-order valence-electron chi connectivity index (χ0n) is 13.4. The highest BCUT2D eigenvalue weighted by atomic mass is 16.6. The van der Waals surface area contributed by atoms with Crippen LogP contribution in [0.25, 0.3) is 0 Å². The van der Waals surface area contributed by atoms with Crippen molar-refractivity contribution in [1.82, 2.24) is 0 Å². The van der Waals surface area contributed by atoms with Crippen LogP contribution in [0.3, 0.4) is 0 Å². The Kier molecular flexibility index (Phi) is 6.84. The Bertz CT molecular complexity index is 554. The first-order valence-electron chi connectivity index (χ1n) is 7.48. The summed E-state index contributed by atoms with van der Waals surface area (Å²) in [5, 5.41) is 18.2. The monoisotopic (exact) mass is 325 g/mol. The fourth-order valence-electron chi connectivity index (χ4n) is 2.16. The third-order valence-corrected chi connectivity index (χ3v) is 3.63. The van der Waals surface area contributed by atoms with Crippen molar-refractivity contribution in [3.05, 3.63) is 23.8 Å². The van der Waals surface area contributed by atoms with Gasteiger partial charge in [0.15, 0.2) is 18.1 Å². The molecule has 0 spiro atoms. The quantitative estimate of drug-likeness (QED) is 0.598. The molecular formula is C16H23NO6. The van der Waals surface area contributed by atoms with Gasteiger partial charge in [-0.15, -0.1) is 0 Å². The van der Waals surface area contributed by atoms with E-state index in [9.17, 15) is 14.7 Å². The predicted molar refractivity (Wildman–Crippen MR) is 83.9 cm³/mol. The molecule has 0 radical (unpaired) electrons. The summed E-state index contributed by atoms with van der Waals surface area (Å²) in [6.45, 7) is 3.33. The molecule has 1 aromatic rings. The van der Waals surface area contributed by atoms with Gasteiger partial charge in [0.25, 0.3) is 0 Å². The van der Waals surface area contributed by atoms with E-state index >= 15 is 0 Å². The second-order valence-electron chi connectivity index (χ2n) is 5.11. The van der Waals surface area contributed by atoms with E-state index in [1.807, 2.05) is 0 Å². The molecule has 0 aliphatic carbocycles. The van der Waals surface area contributed by atoms with E-state index in [2.05, 4.69) is 0 Å². The molecule has 7 nitrogen and oxygen atoms in total. The Balaban J connectivity index is 3.16. The summed E-state index contributed by atoms with van der Waals surface area (Å²) in [7, 11) is 0. The lowest BCUT2D eigenvalue weighted by molar-refractivity contribution is -0.156. The summed E-state index contributed by atoms with van der Waals surface area (Å²) >= 11 is 0. The van der Waals surface area contributed by atoms with Gasteiger partial charge in [0.2, 0.25) is 5.60 Å². The van der Waals surface area contributed by atoms with Crippen molar-refractivity contribution in [2.45, 2.75) is 38.7 Å². The van der Waals surface area contributed by atoms with E-state index in [-0.39, 0.29) is 24.3 Å². The fourth-order valence-corrected chi connectivity index (χ4v) is 2.16. The number of benzene rings is 1. The molecule has 0 aliphatic rings. The van der Waals surface area contributed by atoms with Gasteiger partial charge in [0, 0.05) is 0 Å². The van der Waals surface area contributed by atoms with Gasteiger partial charge in [-0.05, 0) is 43.5 Å². The molecule has 4 N–H and O–H groups in total. The maximum absolute atomic E-state index is 11.6. The Morgan fingerprint density at radius 3 is 2.30 bits per heavy atom. The topological polar surface area (TPSA) is 119 Å². The van der Waals surface area contributed by atoms with Gasteiger partial charge < -0.3 is 25.4 Å². The Hall–Kier alpha value is -2.28. The number of nitrogens with two attached hydrogens (primary N) is 1. The number of carboxylic acid groups (broad SMARTS) is 2. The van der Waals surface area contributed by atoms with E-state index in [0.29, 0.717) is 13.0 Å². The average molecular weight is 325 g/mol. The van der Waals surface area contributed by atoms with Crippen molar-refractivity contribution < 1.29 is 29.3 Å². The fraction of sp³-hybridized carbons (Fsp3) is 0.500. The van der Waals surface area contributed by atoms with E-state index in [0.717, 1.165) is 5.56 Å². The van der Waals surface area contributed by atoms with Crippen LogP contribution in [-0.4, -0.2) is 40.9 Å². The van der Waals surface area contributed by atoms with Gasteiger partial charge in [-0.2, -0.15) is 0 Å². The minimum Gasteiger partial charge on any atom is -0.479 e. The highest BCUT2D eigenvalue weighted by Gasteiger charge is 2.38. The van der Waals surface area contributed by atoms with Gasteiger partial charge in [-0.3, -0.25) is 0 Å². The first-order chi connectivity index (χ1) is 10.9. The van der Waals surface area contributed by atoms with E-state index in [4.69, 9.17) is 20.3 Å². The Labute approximate surface area is 135 Å². The van der Waals surface area contributed by atoms with Gasteiger partial charge in [-0.25, -0.2) is 9.59 Å². The normalized spacial score (nSPS) is 11.1. The molecule has 1 aromatic carbocycles. The van der Waals surface area contributed by atoms with Crippen LogP contribution in [0.2, 0.25) is 0 Å². The van der Waals surface area contributed by atoms with Gasteiger partial charge in [0.05, 0.1) is 0 Å². The van der Waals surface area contributed by atoms with Crippen LogP contribution >= 0.6 is 0 Å². The van der Waals surface area contributed by atoms with Gasteiger partial charge in [-0.1, -0.05) is 19.9 Å². The maximum atomic E-state index is 11.6. The number of hydrogen-bond donors (Lipinski definition) is 3. The Morgan fingerprint density at radius 2 is 1.83 bits per heavy atom. The third kappa shape index (κ3) is 4.85. The zero-order valence-corrected chi connectivity index (χ0v) is 13.4. The first-order valence-corrected chi connectivity index (χ1v) is 7.48. The second kappa shape index (κ2) is 8.38. The summed E-state index contributed by atoms with van der Waals surface area (Å²) in [6.07, 6.45) is 1.12. The molecule has 0 atom stereocenters. The summed E-state index contributed by atoms with van der Waals surface area (Å²) < 4.78 is 11.0. The molecule has 128 valence electrons. The van der Waals surface area contributed by atoms with Gasteiger partial charge in [0.1, 0.15) is 0 Å². The molecule has 0 aliphatic heterocycles. The lowest BCUT2D eigenvalue weighted by Gasteiger charge is -2.29. The number of carbonyl (C=O) groups is 2. The van der Waals surface area contributed by atoms with Gasteiger partial charge >= 0.3 is 11.9 Å². The number of rotatable bonds is 10. The van der Waals surface area contributed by atoms with Crippen molar-refractivity contribution in [1.29, 1.82) is 0 Å². The molecule has 0 unspecified atom stereocenters. The molecule has 0 saturated heterocycles. The smallest absolute Gasteiger partial charge is 0.348 e. The average Bonchev–Trinajstić information content (AvgIpc) is 2.52. The minimum atomic E-state index is -1.38. The van der Waals surface area contributed by atoms with Crippen molar-refractivity contribution in [2.75, 3.05) is 13.2 Å². The maximum Gasteiger partial charge on any atom is 0.348 e. The van der Waals surface area contributed by atoms with Crippen molar-refractivity contribution >= 4 is 11.9 Å². The molecule has 7 heteroatoms. The number of carboxylic acids is 2. The first kappa shape index (κ1) is 18.8. The van der Waals surface area contributed by atoms with Crippen molar-refractivity contribution in [3.8, 4) is 11.5 Å². The van der Waals surface area contributed by atoms with E-state index in [1.54, 1.807) is 32.0 Å². The number of hydrogen-bond acceptors (Lipinski definition) is 5. The zero-order chi connectivity index (χ0) is 17.5. The molecule has 0 bridgehead atoms. The molecule has 0 heterocycles. The third-order valence-electron chi connectivity index (χ3n) is 3.63. The number of aliphatic carboxylic acids is 2. The van der Waals surface area contributed by atoms with Crippen LogP contribution in [0.15, 0.2) is 18.2 Å². The molecule has 23 heavy (non-hydrogen) atoms. The summed E-state index contributed by atoms with van der Waals surface area (Å²) in [6, 6.07) is 4.97. The summed E-state index contributed by atoms with van der Waals surface area (Å²) in [4.78, 5) is 22.3. The highest BCUT2D eigenvalue weighted by Crippen LogP contribution is 2.34. The van der Waals surface area contributed by atoms with Crippen LogP contribution in [0.1, 0.15) is 32.3 Å². The largest absolute Gasteiger partial charge is 0.479 e. The molecule has 0 aromatic heterocycles. The standard InChI is InChI=1S/C16H23NO6/c1-3-16(4-2,15(20)21)23-12-6-5-11(7-8-17)9-13(12)22-10-14(18)19/h5-6,9H,3-4,7-8,10,17H2,1-2H3,(H,18,19)(H,20,21). The van der Waals surface area contributed by atoms with E-state index in [1.165, 1.54) is 0 Å². The van der Waals surface area contributed by atoms with Crippen LogP contribution in [0.5, 0.6) is 11.5 Å². The molecule has 0 amide bonds. The molecule has 0 saturated carbocycles.